The standard InChI is InChI=1S/C13H15N3S/c1-16-13(14)6-12(15-16)11-5-3-2-4-10(11)9-7-17-8-9/h2-6,9H,7-8,14H2,1H3. The molecule has 2 heterocycles. The highest BCUT2D eigenvalue weighted by atomic mass is 32.2. The smallest absolute Gasteiger partial charge is 0.121 e. The van der Waals surface area contributed by atoms with Crippen molar-refractivity contribution in [3.8, 4) is 11.3 Å². The van der Waals surface area contributed by atoms with Crippen molar-refractivity contribution in [3.05, 3.63) is 35.9 Å². The molecule has 1 aromatic carbocycles. The Balaban J connectivity index is 2.07. The van der Waals surface area contributed by atoms with Gasteiger partial charge < -0.3 is 5.73 Å². The molecule has 88 valence electrons. The molecule has 2 N–H and O–H groups in total. The van der Waals surface area contributed by atoms with Crippen LogP contribution in [0.25, 0.3) is 11.3 Å². The summed E-state index contributed by atoms with van der Waals surface area (Å²) in [5.74, 6) is 3.83. The zero-order valence-corrected chi connectivity index (χ0v) is 10.6. The SMILES string of the molecule is Cn1nc(-c2ccccc2C2CSC2)cc1N. The monoisotopic (exact) mass is 245 g/mol. The Morgan fingerprint density at radius 3 is 2.71 bits per heavy atom. The molecule has 0 spiro atoms. The lowest BCUT2D eigenvalue weighted by Crippen LogP contribution is -2.16. The molecule has 3 nitrogen and oxygen atoms in total. The molecular formula is C13H15N3S. The van der Waals surface area contributed by atoms with Crippen LogP contribution in [-0.2, 0) is 7.05 Å². The van der Waals surface area contributed by atoms with Crippen molar-refractivity contribution in [1.82, 2.24) is 9.78 Å². The van der Waals surface area contributed by atoms with Crippen molar-refractivity contribution in [1.29, 1.82) is 0 Å². The van der Waals surface area contributed by atoms with Gasteiger partial charge in [-0.1, -0.05) is 24.3 Å². The van der Waals surface area contributed by atoms with Crippen molar-refractivity contribution < 1.29 is 0 Å². The average Bonchev–Trinajstić information content (AvgIpc) is 2.57. The molecule has 0 radical (unpaired) electrons. The van der Waals surface area contributed by atoms with Crippen LogP contribution in [0.1, 0.15) is 11.5 Å². The number of thioether (sulfide) groups is 1. The van der Waals surface area contributed by atoms with Crippen LogP contribution in [0.4, 0.5) is 5.82 Å². The summed E-state index contributed by atoms with van der Waals surface area (Å²) < 4.78 is 1.72. The number of benzene rings is 1. The Kier molecular flexibility index (Phi) is 2.59. The lowest BCUT2D eigenvalue weighted by molar-refractivity contribution is 0.780. The van der Waals surface area contributed by atoms with Crippen molar-refractivity contribution in [2.24, 2.45) is 7.05 Å². The molecular weight excluding hydrogens is 230 g/mol. The highest BCUT2D eigenvalue weighted by Gasteiger charge is 2.23. The van der Waals surface area contributed by atoms with E-state index in [1.165, 1.54) is 22.6 Å². The predicted molar refractivity (Wildman–Crippen MR) is 73.1 cm³/mol. The number of anilines is 1. The summed E-state index contributed by atoms with van der Waals surface area (Å²) in [6.07, 6.45) is 0. The third-order valence-electron chi connectivity index (χ3n) is 3.23. The molecule has 3 rings (SSSR count). The van der Waals surface area contributed by atoms with Gasteiger partial charge in [0.25, 0.3) is 0 Å². The third-order valence-corrected chi connectivity index (χ3v) is 4.51. The number of aromatic nitrogens is 2. The van der Waals surface area contributed by atoms with Gasteiger partial charge in [0.05, 0.1) is 5.69 Å². The summed E-state index contributed by atoms with van der Waals surface area (Å²) in [5, 5.41) is 4.47. The summed E-state index contributed by atoms with van der Waals surface area (Å²) in [7, 11) is 1.88. The second kappa shape index (κ2) is 4.11. The van der Waals surface area contributed by atoms with Crippen molar-refractivity contribution >= 4 is 17.6 Å². The Morgan fingerprint density at radius 2 is 2.12 bits per heavy atom. The number of hydrogen-bond donors (Lipinski definition) is 1. The molecule has 0 amide bonds. The second-order valence-electron chi connectivity index (χ2n) is 4.40. The quantitative estimate of drug-likeness (QED) is 0.884. The molecule has 0 atom stereocenters. The van der Waals surface area contributed by atoms with E-state index in [-0.39, 0.29) is 0 Å². The number of nitrogen functional groups attached to an aromatic ring is 1. The third kappa shape index (κ3) is 1.82. The first-order valence-corrected chi connectivity index (χ1v) is 6.88. The maximum atomic E-state index is 5.85. The molecule has 2 aromatic rings. The number of nitrogens with two attached hydrogens (primary N) is 1. The second-order valence-corrected chi connectivity index (χ2v) is 5.47. The maximum Gasteiger partial charge on any atom is 0.121 e. The Hall–Kier alpha value is -1.42. The highest BCUT2D eigenvalue weighted by molar-refractivity contribution is 8.00. The van der Waals surface area contributed by atoms with E-state index < -0.39 is 0 Å². The van der Waals surface area contributed by atoms with Crippen LogP contribution in [0.5, 0.6) is 0 Å². The van der Waals surface area contributed by atoms with Crippen LogP contribution in [0.3, 0.4) is 0 Å². The van der Waals surface area contributed by atoms with Gasteiger partial charge in [-0.3, -0.25) is 4.68 Å². The van der Waals surface area contributed by atoms with Crippen LogP contribution in [-0.4, -0.2) is 21.3 Å². The van der Waals surface area contributed by atoms with Gasteiger partial charge in [0.2, 0.25) is 0 Å². The zero-order chi connectivity index (χ0) is 11.8. The van der Waals surface area contributed by atoms with Gasteiger partial charge in [-0.15, -0.1) is 0 Å². The normalized spacial score (nSPS) is 15.8. The Labute approximate surface area is 105 Å². The van der Waals surface area contributed by atoms with E-state index in [4.69, 9.17) is 5.73 Å². The predicted octanol–water partition coefficient (Wildman–Crippen LogP) is 2.50. The van der Waals surface area contributed by atoms with Crippen molar-refractivity contribution in [2.45, 2.75) is 5.92 Å². The molecule has 1 aliphatic rings. The Morgan fingerprint density at radius 1 is 1.35 bits per heavy atom. The van der Waals surface area contributed by atoms with E-state index in [1.807, 2.05) is 24.9 Å². The first kappa shape index (κ1) is 10.7. The van der Waals surface area contributed by atoms with Crippen molar-refractivity contribution in [2.75, 3.05) is 17.2 Å². The van der Waals surface area contributed by atoms with Gasteiger partial charge in [-0.05, 0) is 5.56 Å². The Bertz CT molecular complexity index is 524. The molecule has 17 heavy (non-hydrogen) atoms. The highest BCUT2D eigenvalue weighted by Crippen LogP contribution is 2.38. The first-order valence-electron chi connectivity index (χ1n) is 5.72. The zero-order valence-electron chi connectivity index (χ0n) is 9.76. The van der Waals surface area contributed by atoms with Gasteiger partial charge in [0.15, 0.2) is 0 Å². The fraction of sp³-hybridized carbons (Fsp3) is 0.308. The fourth-order valence-corrected chi connectivity index (χ4v) is 2.95. The van der Waals surface area contributed by atoms with Crippen LogP contribution in [0.15, 0.2) is 30.3 Å². The van der Waals surface area contributed by atoms with Crippen LogP contribution < -0.4 is 5.73 Å². The van der Waals surface area contributed by atoms with Gasteiger partial charge in [0.1, 0.15) is 5.82 Å². The molecule has 0 unspecified atom stereocenters. The van der Waals surface area contributed by atoms with E-state index in [1.54, 1.807) is 4.68 Å². The molecule has 0 saturated carbocycles. The van der Waals surface area contributed by atoms with E-state index in [0.29, 0.717) is 11.7 Å². The fourth-order valence-electron chi connectivity index (χ4n) is 2.11. The van der Waals surface area contributed by atoms with Gasteiger partial charge in [-0.25, -0.2) is 0 Å². The summed E-state index contributed by atoms with van der Waals surface area (Å²) in [4.78, 5) is 0. The van der Waals surface area contributed by atoms with Gasteiger partial charge >= 0.3 is 0 Å². The van der Waals surface area contributed by atoms with Crippen LogP contribution in [0.2, 0.25) is 0 Å². The van der Waals surface area contributed by atoms with Gasteiger partial charge in [-0.2, -0.15) is 16.9 Å². The minimum Gasteiger partial charge on any atom is -0.384 e. The van der Waals surface area contributed by atoms with Gasteiger partial charge in [0, 0.05) is 36.1 Å². The topological polar surface area (TPSA) is 43.8 Å². The van der Waals surface area contributed by atoms with E-state index in [0.717, 1.165) is 5.69 Å². The molecule has 1 aromatic heterocycles. The largest absolute Gasteiger partial charge is 0.384 e. The number of nitrogens with zero attached hydrogens (tertiary/aromatic N) is 2. The van der Waals surface area contributed by atoms with Crippen molar-refractivity contribution in [3.63, 3.8) is 0 Å². The summed E-state index contributed by atoms with van der Waals surface area (Å²) in [6.45, 7) is 0. The summed E-state index contributed by atoms with van der Waals surface area (Å²) in [6, 6.07) is 10.5. The molecule has 4 heteroatoms. The van der Waals surface area contributed by atoms with E-state index in [2.05, 4.69) is 29.4 Å². The summed E-state index contributed by atoms with van der Waals surface area (Å²) in [5.41, 5.74) is 9.46. The molecule has 1 aliphatic heterocycles. The number of hydrogen-bond acceptors (Lipinski definition) is 3. The minimum absolute atomic E-state index is 0.680. The first-order chi connectivity index (χ1) is 8.25. The number of rotatable bonds is 2. The lowest BCUT2D eigenvalue weighted by Gasteiger charge is -2.27. The minimum atomic E-state index is 0.680. The lowest BCUT2D eigenvalue weighted by atomic mass is 9.94. The maximum absolute atomic E-state index is 5.85. The molecule has 1 saturated heterocycles. The van der Waals surface area contributed by atoms with E-state index >= 15 is 0 Å². The van der Waals surface area contributed by atoms with Crippen LogP contribution >= 0.6 is 11.8 Å². The van der Waals surface area contributed by atoms with E-state index in [9.17, 15) is 0 Å². The summed E-state index contributed by atoms with van der Waals surface area (Å²) >= 11 is 2.00. The molecule has 0 bridgehead atoms. The molecule has 0 aliphatic carbocycles. The van der Waals surface area contributed by atoms with Crippen LogP contribution in [0, 0.1) is 0 Å². The average molecular weight is 245 g/mol. The molecule has 1 fully saturated rings. The number of aryl methyl sites for hydroxylation is 1.